The highest BCUT2D eigenvalue weighted by molar-refractivity contribution is 6.39. The van der Waals surface area contributed by atoms with E-state index in [0.717, 1.165) is 44.9 Å². The van der Waals surface area contributed by atoms with Crippen molar-refractivity contribution in [3.8, 4) is 11.3 Å². The fourth-order valence-electron chi connectivity index (χ4n) is 3.54. The minimum absolute atomic E-state index is 0.136. The Kier molecular flexibility index (Phi) is 5.02. The molecule has 4 aromatic rings. The highest BCUT2D eigenvalue weighted by Crippen LogP contribution is 2.27. The van der Waals surface area contributed by atoms with Crippen LogP contribution in [0.4, 0.5) is 5.82 Å². The van der Waals surface area contributed by atoms with Gasteiger partial charge in [-0.25, -0.2) is 9.97 Å². The molecule has 0 aliphatic carbocycles. The first-order valence-corrected chi connectivity index (χ1v) is 10.2. The van der Waals surface area contributed by atoms with Crippen LogP contribution >= 0.6 is 0 Å². The normalized spacial score (nSPS) is 11.6. The summed E-state index contributed by atoms with van der Waals surface area (Å²) in [6.07, 6.45) is 3.81. The quantitative estimate of drug-likeness (QED) is 0.529. The molecule has 0 saturated carbocycles. The third kappa shape index (κ3) is 3.90. The fraction of sp³-hybridized carbons (Fsp3) is 0.167. The van der Waals surface area contributed by atoms with Crippen molar-refractivity contribution < 1.29 is 0 Å². The van der Waals surface area contributed by atoms with Crippen molar-refractivity contribution in [2.45, 2.75) is 19.1 Å². The summed E-state index contributed by atoms with van der Waals surface area (Å²) in [5, 5.41) is 5.72. The first-order valence-electron chi connectivity index (χ1n) is 10.2. The van der Waals surface area contributed by atoms with E-state index in [1.807, 2.05) is 26.4 Å². The number of benzene rings is 2. The third-order valence-corrected chi connectivity index (χ3v) is 5.62. The molecule has 2 heterocycles. The Labute approximate surface area is 179 Å². The molecule has 0 unspecified atom stereocenters. The molecule has 0 radical (unpaired) electrons. The highest BCUT2D eigenvalue weighted by atomic mass is 15.0. The number of aromatic nitrogens is 3. The summed E-state index contributed by atoms with van der Waals surface area (Å²) >= 11 is 0. The smallest absolute Gasteiger partial charge is 0.130 e. The van der Waals surface area contributed by atoms with Gasteiger partial charge >= 0.3 is 0 Å². The van der Waals surface area contributed by atoms with E-state index in [1.54, 1.807) is 0 Å². The Morgan fingerprint density at radius 2 is 1.73 bits per heavy atom. The van der Waals surface area contributed by atoms with E-state index in [2.05, 4.69) is 97.6 Å². The van der Waals surface area contributed by atoms with Crippen molar-refractivity contribution in [3.63, 3.8) is 0 Å². The van der Waals surface area contributed by atoms with Crippen LogP contribution in [0.15, 0.2) is 67.5 Å². The second-order valence-electron chi connectivity index (χ2n) is 8.81. The van der Waals surface area contributed by atoms with Crippen molar-refractivity contribution in [3.05, 3.63) is 84.5 Å². The number of rotatable bonds is 5. The number of imidazole rings is 1. The Morgan fingerprint density at radius 1 is 1.00 bits per heavy atom. The maximum absolute atomic E-state index is 4.56. The van der Waals surface area contributed by atoms with Crippen LogP contribution in [-0.2, 0) is 12.3 Å². The number of aryl methyl sites for hydroxylation is 1. The predicted molar refractivity (Wildman–Crippen MR) is 132 cm³/mol. The molecule has 4 nitrogen and oxygen atoms in total. The summed E-state index contributed by atoms with van der Waals surface area (Å²) in [4.78, 5) is 8.97. The molecule has 4 rings (SSSR count). The van der Waals surface area contributed by atoms with Crippen LogP contribution in [0.1, 0.15) is 23.9 Å². The Morgan fingerprint density at radius 3 is 2.37 bits per heavy atom. The largest absolute Gasteiger partial charge is 0.340 e. The summed E-state index contributed by atoms with van der Waals surface area (Å²) < 4.78 is 2.10. The maximum atomic E-state index is 4.56. The number of fused-ring (bicyclic) bond motifs is 1. The van der Waals surface area contributed by atoms with E-state index in [9.17, 15) is 0 Å². The first-order chi connectivity index (χ1) is 14.2. The van der Waals surface area contributed by atoms with E-state index in [-0.39, 0.29) is 5.21 Å². The molecular weight excluding hydrogens is 366 g/mol. The van der Waals surface area contributed by atoms with Crippen LogP contribution in [-0.4, -0.2) is 30.2 Å². The van der Waals surface area contributed by atoms with Crippen molar-refractivity contribution in [2.24, 2.45) is 7.05 Å². The zero-order valence-corrected chi connectivity index (χ0v) is 18.3. The van der Waals surface area contributed by atoms with Crippen LogP contribution < -0.4 is 5.32 Å². The van der Waals surface area contributed by atoms with E-state index in [4.69, 9.17) is 0 Å². The van der Waals surface area contributed by atoms with Crippen LogP contribution in [0.25, 0.3) is 27.7 Å². The minimum atomic E-state index is 0.136. The highest BCUT2D eigenvalue weighted by Gasteiger charge is 2.14. The monoisotopic (exact) mass is 392 g/mol. The van der Waals surface area contributed by atoms with Gasteiger partial charge in [0, 0.05) is 29.9 Å². The van der Waals surface area contributed by atoms with Gasteiger partial charge in [0.05, 0.1) is 11.9 Å². The van der Waals surface area contributed by atoms with E-state index >= 15 is 0 Å². The molecule has 0 atom stereocenters. The number of anilines is 1. The second kappa shape index (κ2) is 7.52. The molecule has 0 bridgehead atoms. The summed E-state index contributed by atoms with van der Waals surface area (Å²) in [5.74, 6) is 1.78. The average molecular weight is 392 g/mol. The molecule has 0 aliphatic rings. The summed E-state index contributed by atoms with van der Waals surface area (Å²) in [6.45, 7) is 8.44. The van der Waals surface area contributed by atoms with Gasteiger partial charge in [-0.1, -0.05) is 60.7 Å². The lowest BCUT2D eigenvalue weighted by atomic mass is 9.52. The lowest BCUT2D eigenvalue weighted by Gasteiger charge is -2.19. The Balaban J connectivity index is 1.60. The van der Waals surface area contributed by atoms with Crippen molar-refractivity contribution in [2.75, 3.05) is 5.32 Å². The van der Waals surface area contributed by atoms with Gasteiger partial charge in [-0.05, 0) is 30.0 Å². The molecular formula is C24H26B2N4. The number of pyridine rings is 1. The molecule has 2 aromatic heterocycles. The Hall–Kier alpha value is -3.27. The molecule has 1 N–H and O–H groups in total. The lowest BCUT2D eigenvalue weighted by molar-refractivity contribution is 0.865. The van der Waals surface area contributed by atoms with E-state index < -0.39 is 0 Å². The second-order valence-corrected chi connectivity index (χ2v) is 8.81. The molecule has 0 spiro atoms. The zero-order valence-electron chi connectivity index (χ0n) is 18.3. The van der Waals surface area contributed by atoms with Gasteiger partial charge in [-0.3, -0.25) is 0 Å². The molecule has 0 fully saturated rings. The fourth-order valence-corrected chi connectivity index (χ4v) is 3.54. The van der Waals surface area contributed by atoms with E-state index in [0.29, 0.717) is 0 Å². The van der Waals surface area contributed by atoms with Crippen LogP contribution in [0.3, 0.4) is 0 Å². The van der Waals surface area contributed by atoms with Gasteiger partial charge in [0.25, 0.3) is 0 Å². The lowest BCUT2D eigenvalue weighted by Crippen LogP contribution is -2.21. The number of nitrogens with zero attached hydrogens (tertiary/aromatic N) is 3. The van der Waals surface area contributed by atoms with Gasteiger partial charge < -0.3 is 9.88 Å². The Bertz CT molecular complexity index is 1230. The van der Waals surface area contributed by atoms with Gasteiger partial charge in [0.2, 0.25) is 0 Å². The maximum Gasteiger partial charge on any atom is 0.130 e. The zero-order chi connectivity index (χ0) is 21.5. The van der Waals surface area contributed by atoms with Gasteiger partial charge in [-0.15, -0.1) is 0 Å². The number of hydrogen-bond donors (Lipinski definition) is 1. The van der Waals surface area contributed by atoms with Crippen LogP contribution in [0.5, 0.6) is 0 Å². The standard InChI is InChI=1S/C24H26B2N4/c1-15(17-7-9-21(10-8-17)24(3,25)26)29-23-12-20-11-18(5-6-19(20)13-28-23)22-14-27-16(2)30(22)4/h5-14H,1,25-26H2,2-4H3,(H,28,29). The average Bonchev–Trinajstić information content (AvgIpc) is 3.05. The minimum Gasteiger partial charge on any atom is -0.340 e. The summed E-state index contributed by atoms with van der Waals surface area (Å²) in [5.41, 5.74) is 5.44. The molecule has 2 aromatic carbocycles. The van der Waals surface area contributed by atoms with E-state index in [1.165, 1.54) is 5.56 Å². The molecule has 6 heteroatoms. The van der Waals surface area contributed by atoms with Crippen LogP contribution in [0, 0.1) is 6.92 Å². The predicted octanol–water partition coefficient (Wildman–Crippen LogP) is 3.47. The first kappa shape index (κ1) is 20.0. The van der Waals surface area contributed by atoms with Gasteiger partial charge in [0.1, 0.15) is 27.3 Å². The molecule has 0 saturated heterocycles. The molecule has 0 amide bonds. The van der Waals surface area contributed by atoms with Crippen molar-refractivity contribution in [1.82, 2.24) is 14.5 Å². The van der Waals surface area contributed by atoms with Crippen molar-refractivity contribution in [1.29, 1.82) is 0 Å². The van der Waals surface area contributed by atoms with Crippen LogP contribution in [0.2, 0.25) is 0 Å². The van der Waals surface area contributed by atoms with Gasteiger partial charge in [-0.2, -0.15) is 0 Å². The summed E-state index contributed by atoms with van der Waals surface area (Å²) in [6, 6.07) is 17.0. The SMILES string of the molecule is BC(B)(C)c1ccc(C(=C)Nc2cc3cc(-c4cnc(C)n4C)ccc3cn2)cc1. The topological polar surface area (TPSA) is 42.7 Å². The molecule has 30 heavy (non-hydrogen) atoms. The summed E-state index contributed by atoms with van der Waals surface area (Å²) in [7, 11) is 6.47. The molecule has 148 valence electrons. The molecule has 0 aliphatic heterocycles. The number of nitrogens with one attached hydrogen (secondary N) is 1. The third-order valence-electron chi connectivity index (χ3n) is 5.62. The van der Waals surface area contributed by atoms with Crippen molar-refractivity contribution >= 4 is 38.0 Å². The number of hydrogen-bond acceptors (Lipinski definition) is 3. The van der Waals surface area contributed by atoms with Gasteiger partial charge in [0.15, 0.2) is 0 Å².